The van der Waals surface area contributed by atoms with Crippen LogP contribution in [0.2, 0.25) is 0 Å². The second kappa shape index (κ2) is 9.50. The number of para-hydroxylation sites is 1. The maximum absolute atomic E-state index is 12.3. The Bertz CT molecular complexity index is 723. The summed E-state index contributed by atoms with van der Waals surface area (Å²) in [6.07, 6.45) is 0.826. The number of hydrogen-bond donors (Lipinski definition) is 2. The Morgan fingerprint density at radius 3 is 2.46 bits per heavy atom. The van der Waals surface area contributed by atoms with Crippen molar-refractivity contribution in [2.45, 2.75) is 33.2 Å². The molecule has 0 aliphatic rings. The third kappa shape index (κ3) is 5.68. The molecule has 2 amide bonds. The summed E-state index contributed by atoms with van der Waals surface area (Å²) in [5.41, 5.74) is 2.90. The minimum atomic E-state index is -0.373. The number of carbonyl (C=O) groups excluding carboxylic acids is 2. The first-order valence-corrected chi connectivity index (χ1v) is 9.63. The lowest BCUT2D eigenvalue weighted by molar-refractivity contribution is -0.126. The van der Waals surface area contributed by atoms with E-state index in [1.807, 2.05) is 50.4 Å². The number of benzene rings is 1. The Hall–Kier alpha value is -2.18. The SMILES string of the molecule is Cc1cccc(C)c1NC(=O)CN(C)[C@H](C)C(=O)NCCc1cccs1. The molecular formula is C20H27N3O2S. The molecule has 1 atom stereocenters. The number of hydrogen-bond acceptors (Lipinski definition) is 4. The van der Waals surface area contributed by atoms with Crippen molar-refractivity contribution in [3.63, 3.8) is 0 Å². The molecule has 0 aliphatic carbocycles. The molecule has 140 valence electrons. The quantitative estimate of drug-likeness (QED) is 0.748. The first-order valence-electron chi connectivity index (χ1n) is 8.75. The second-order valence-corrected chi connectivity index (χ2v) is 7.56. The van der Waals surface area contributed by atoms with E-state index in [0.29, 0.717) is 6.54 Å². The third-order valence-corrected chi connectivity index (χ3v) is 5.37. The summed E-state index contributed by atoms with van der Waals surface area (Å²) >= 11 is 1.69. The highest BCUT2D eigenvalue weighted by Gasteiger charge is 2.20. The van der Waals surface area contributed by atoms with Gasteiger partial charge >= 0.3 is 0 Å². The average molecular weight is 374 g/mol. The van der Waals surface area contributed by atoms with Gasteiger partial charge in [0.1, 0.15) is 0 Å². The van der Waals surface area contributed by atoms with E-state index >= 15 is 0 Å². The zero-order chi connectivity index (χ0) is 19.1. The number of thiophene rings is 1. The van der Waals surface area contributed by atoms with Gasteiger partial charge in [-0.15, -0.1) is 11.3 Å². The Kier molecular flexibility index (Phi) is 7.36. The van der Waals surface area contributed by atoms with E-state index in [1.165, 1.54) is 4.88 Å². The Balaban J connectivity index is 1.80. The highest BCUT2D eigenvalue weighted by molar-refractivity contribution is 7.09. The van der Waals surface area contributed by atoms with Gasteiger partial charge in [0.25, 0.3) is 0 Å². The fraction of sp³-hybridized carbons (Fsp3) is 0.400. The lowest BCUT2D eigenvalue weighted by Gasteiger charge is -2.23. The van der Waals surface area contributed by atoms with E-state index < -0.39 is 0 Å². The van der Waals surface area contributed by atoms with Crippen LogP contribution in [0, 0.1) is 13.8 Å². The lowest BCUT2D eigenvalue weighted by Crippen LogP contribution is -2.46. The summed E-state index contributed by atoms with van der Waals surface area (Å²) in [7, 11) is 1.79. The van der Waals surface area contributed by atoms with Crippen molar-refractivity contribution in [2.24, 2.45) is 0 Å². The Morgan fingerprint density at radius 2 is 1.85 bits per heavy atom. The smallest absolute Gasteiger partial charge is 0.238 e. The first kappa shape index (κ1) is 20.1. The van der Waals surface area contributed by atoms with Crippen LogP contribution in [0.3, 0.4) is 0 Å². The van der Waals surface area contributed by atoms with E-state index in [0.717, 1.165) is 23.2 Å². The monoisotopic (exact) mass is 373 g/mol. The summed E-state index contributed by atoms with van der Waals surface area (Å²) < 4.78 is 0. The lowest BCUT2D eigenvalue weighted by atomic mass is 10.1. The first-order chi connectivity index (χ1) is 12.4. The van der Waals surface area contributed by atoms with Crippen molar-refractivity contribution in [1.82, 2.24) is 10.2 Å². The van der Waals surface area contributed by atoms with Crippen LogP contribution in [0.25, 0.3) is 0 Å². The molecule has 0 saturated carbocycles. The van der Waals surface area contributed by atoms with Crippen LogP contribution in [0.15, 0.2) is 35.7 Å². The number of nitrogens with zero attached hydrogens (tertiary/aromatic N) is 1. The standard InChI is InChI=1S/C20H27N3O2S/c1-14-7-5-8-15(2)19(14)22-18(24)13-23(4)16(3)20(25)21-11-10-17-9-6-12-26-17/h5-9,12,16H,10-11,13H2,1-4H3,(H,21,25)(H,22,24)/t16-/m1/s1. The van der Waals surface area contributed by atoms with E-state index in [4.69, 9.17) is 0 Å². The van der Waals surface area contributed by atoms with Crippen molar-refractivity contribution in [1.29, 1.82) is 0 Å². The predicted molar refractivity (Wildman–Crippen MR) is 108 cm³/mol. The van der Waals surface area contributed by atoms with Gasteiger partial charge in [-0.2, -0.15) is 0 Å². The van der Waals surface area contributed by atoms with Crippen LogP contribution in [-0.4, -0.2) is 42.9 Å². The van der Waals surface area contributed by atoms with Crippen molar-refractivity contribution in [3.8, 4) is 0 Å². The summed E-state index contributed by atoms with van der Waals surface area (Å²) in [5, 5.41) is 7.92. The van der Waals surface area contributed by atoms with Gasteiger partial charge in [-0.1, -0.05) is 24.3 Å². The van der Waals surface area contributed by atoms with Crippen LogP contribution in [-0.2, 0) is 16.0 Å². The van der Waals surface area contributed by atoms with Crippen molar-refractivity contribution in [2.75, 3.05) is 25.5 Å². The molecule has 2 N–H and O–H groups in total. The molecule has 26 heavy (non-hydrogen) atoms. The van der Waals surface area contributed by atoms with Gasteiger partial charge in [0.15, 0.2) is 0 Å². The van der Waals surface area contributed by atoms with Gasteiger partial charge < -0.3 is 10.6 Å². The van der Waals surface area contributed by atoms with Gasteiger partial charge in [-0.3, -0.25) is 14.5 Å². The summed E-state index contributed by atoms with van der Waals surface area (Å²) in [4.78, 5) is 27.6. The molecule has 5 nitrogen and oxygen atoms in total. The molecule has 0 spiro atoms. The number of carbonyl (C=O) groups is 2. The van der Waals surface area contributed by atoms with Gasteiger partial charge in [0, 0.05) is 17.1 Å². The minimum Gasteiger partial charge on any atom is -0.354 e. The molecule has 2 aromatic rings. The third-order valence-electron chi connectivity index (χ3n) is 4.43. The van der Waals surface area contributed by atoms with Gasteiger partial charge in [-0.05, 0) is 56.8 Å². The highest BCUT2D eigenvalue weighted by atomic mass is 32.1. The van der Waals surface area contributed by atoms with Crippen molar-refractivity contribution < 1.29 is 9.59 Å². The summed E-state index contributed by atoms with van der Waals surface area (Å²) in [5.74, 6) is -0.188. The van der Waals surface area contributed by atoms with Gasteiger partial charge in [0.05, 0.1) is 12.6 Å². The largest absolute Gasteiger partial charge is 0.354 e. The van der Waals surface area contributed by atoms with Crippen molar-refractivity contribution >= 4 is 28.8 Å². The average Bonchev–Trinajstić information content (AvgIpc) is 3.10. The maximum Gasteiger partial charge on any atom is 0.238 e. The molecule has 0 aliphatic heterocycles. The van der Waals surface area contributed by atoms with Crippen molar-refractivity contribution in [3.05, 3.63) is 51.7 Å². The number of nitrogens with one attached hydrogen (secondary N) is 2. The van der Waals surface area contributed by atoms with Crippen LogP contribution in [0.5, 0.6) is 0 Å². The second-order valence-electron chi connectivity index (χ2n) is 6.53. The molecular weight excluding hydrogens is 346 g/mol. The summed E-state index contributed by atoms with van der Waals surface area (Å²) in [6, 6.07) is 9.60. The Labute approximate surface area is 159 Å². The molecule has 0 radical (unpaired) electrons. The van der Waals surface area contributed by atoms with Crippen LogP contribution >= 0.6 is 11.3 Å². The van der Waals surface area contributed by atoms with Crippen LogP contribution < -0.4 is 10.6 Å². The maximum atomic E-state index is 12.3. The number of amides is 2. The molecule has 2 rings (SSSR count). The molecule has 0 fully saturated rings. The van der Waals surface area contributed by atoms with Crippen LogP contribution in [0.1, 0.15) is 22.9 Å². The molecule has 1 heterocycles. The fourth-order valence-electron chi connectivity index (χ4n) is 2.67. The van der Waals surface area contributed by atoms with E-state index in [9.17, 15) is 9.59 Å². The highest BCUT2D eigenvalue weighted by Crippen LogP contribution is 2.19. The number of aryl methyl sites for hydroxylation is 2. The molecule has 0 unspecified atom stereocenters. The Morgan fingerprint density at radius 1 is 1.15 bits per heavy atom. The molecule has 0 bridgehead atoms. The van der Waals surface area contributed by atoms with E-state index in [2.05, 4.69) is 16.7 Å². The number of likely N-dealkylation sites (N-methyl/N-ethyl adjacent to an activating group) is 1. The number of rotatable bonds is 8. The zero-order valence-corrected chi connectivity index (χ0v) is 16.7. The number of anilines is 1. The molecule has 1 aromatic heterocycles. The van der Waals surface area contributed by atoms with Gasteiger partial charge in [0.2, 0.25) is 11.8 Å². The minimum absolute atomic E-state index is 0.0658. The predicted octanol–water partition coefficient (Wildman–Crippen LogP) is 2.98. The van der Waals surface area contributed by atoms with E-state index in [-0.39, 0.29) is 24.4 Å². The topological polar surface area (TPSA) is 61.4 Å². The normalized spacial score (nSPS) is 12.0. The van der Waals surface area contributed by atoms with Crippen LogP contribution in [0.4, 0.5) is 5.69 Å². The molecule has 6 heteroatoms. The fourth-order valence-corrected chi connectivity index (χ4v) is 3.37. The summed E-state index contributed by atoms with van der Waals surface area (Å²) in [6.45, 7) is 6.51. The van der Waals surface area contributed by atoms with E-state index in [1.54, 1.807) is 23.3 Å². The zero-order valence-electron chi connectivity index (χ0n) is 15.8. The molecule has 0 saturated heterocycles. The molecule has 1 aromatic carbocycles. The van der Waals surface area contributed by atoms with Gasteiger partial charge in [-0.25, -0.2) is 0 Å².